The van der Waals surface area contributed by atoms with E-state index in [-0.39, 0.29) is 10.8 Å². The van der Waals surface area contributed by atoms with Crippen molar-refractivity contribution in [3.8, 4) is 0 Å². The molecule has 3 N–H and O–H groups in total. The molecule has 0 aliphatic heterocycles. The van der Waals surface area contributed by atoms with Gasteiger partial charge in [0.05, 0.1) is 27.1 Å². The number of carbonyl (C=O) groups is 1. The highest BCUT2D eigenvalue weighted by molar-refractivity contribution is 8.00. The molecule has 10 heteroatoms. The number of nitrogens with zero attached hydrogens (tertiary/aromatic N) is 1. The van der Waals surface area contributed by atoms with Crippen LogP contribution in [0.1, 0.15) is 6.92 Å². The topological polar surface area (TPSA) is 104 Å². The number of nitrogens with one attached hydrogen (secondary N) is 3. The van der Waals surface area contributed by atoms with E-state index >= 15 is 0 Å². The third-order valence-electron chi connectivity index (χ3n) is 3.67. The Morgan fingerprint density at radius 1 is 1.18 bits per heavy atom. The zero-order valence-electron chi connectivity index (χ0n) is 14.7. The number of sulfonamides is 1. The summed E-state index contributed by atoms with van der Waals surface area (Å²) < 4.78 is 27.3. The SMILES string of the molecule is CC(Sc1ccccc1Cl)C(=O)Nc1cccc(S(=O)(=O)Nc2cn[nH]c2)c1. The van der Waals surface area contributed by atoms with Crippen LogP contribution in [0.15, 0.2) is 70.7 Å². The maximum Gasteiger partial charge on any atom is 0.262 e. The predicted octanol–water partition coefficient (Wildman–Crippen LogP) is 3.98. The van der Waals surface area contributed by atoms with Crippen LogP contribution in [0.25, 0.3) is 0 Å². The number of thioether (sulfide) groups is 1. The minimum absolute atomic E-state index is 0.0258. The van der Waals surface area contributed by atoms with E-state index in [2.05, 4.69) is 20.2 Å². The second kappa shape index (κ2) is 8.68. The molecule has 0 saturated carbocycles. The summed E-state index contributed by atoms with van der Waals surface area (Å²) in [4.78, 5) is 13.3. The van der Waals surface area contributed by atoms with Gasteiger partial charge in [0.15, 0.2) is 0 Å². The number of halogens is 1. The van der Waals surface area contributed by atoms with Crippen molar-refractivity contribution in [1.82, 2.24) is 10.2 Å². The Balaban J connectivity index is 1.70. The molecule has 0 saturated heterocycles. The number of hydrogen-bond acceptors (Lipinski definition) is 5. The smallest absolute Gasteiger partial charge is 0.262 e. The number of benzene rings is 2. The molecule has 3 rings (SSSR count). The molecule has 1 amide bonds. The fraction of sp³-hybridized carbons (Fsp3) is 0.111. The summed E-state index contributed by atoms with van der Waals surface area (Å²) in [6.45, 7) is 1.75. The molecule has 7 nitrogen and oxygen atoms in total. The molecule has 0 aliphatic carbocycles. The van der Waals surface area contributed by atoms with Gasteiger partial charge in [-0.2, -0.15) is 5.10 Å². The predicted molar refractivity (Wildman–Crippen MR) is 111 cm³/mol. The van der Waals surface area contributed by atoms with Crippen molar-refractivity contribution >= 4 is 50.7 Å². The largest absolute Gasteiger partial charge is 0.325 e. The van der Waals surface area contributed by atoms with Crippen molar-refractivity contribution in [3.05, 3.63) is 65.9 Å². The van der Waals surface area contributed by atoms with Crippen LogP contribution in [0, 0.1) is 0 Å². The molecule has 0 fully saturated rings. The third-order valence-corrected chi connectivity index (χ3v) is 6.67. The Morgan fingerprint density at radius 3 is 2.68 bits per heavy atom. The molecular formula is C18H17ClN4O3S2. The molecule has 0 radical (unpaired) electrons. The summed E-state index contributed by atoms with van der Waals surface area (Å²) in [6, 6.07) is 13.3. The highest BCUT2D eigenvalue weighted by atomic mass is 35.5. The number of anilines is 2. The second-order valence-corrected chi connectivity index (χ2v) is 9.27. The first-order chi connectivity index (χ1) is 13.3. The molecule has 0 spiro atoms. The highest BCUT2D eigenvalue weighted by Crippen LogP contribution is 2.30. The summed E-state index contributed by atoms with van der Waals surface area (Å²) in [6.07, 6.45) is 2.79. The van der Waals surface area contributed by atoms with Gasteiger partial charge in [-0.1, -0.05) is 29.8 Å². The monoisotopic (exact) mass is 436 g/mol. The van der Waals surface area contributed by atoms with E-state index in [9.17, 15) is 13.2 Å². The van der Waals surface area contributed by atoms with E-state index in [1.807, 2.05) is 18.2 Å². The van der Waals surface area contributed by atoms with Crippen LogP contribution in [0.5, 0.6) is 0 Å². The van der Waals surface area contributed by atoms with Gasteiger partial charge < -0.3 is 5.32 Å². The number of carbonyl (C=O) groups excluding carboxylic acids is 1. The van der Waals surface area contributed by atoms with Crippen LogP contribution in [0.3, 0.4) is 0 Å². The lowest BCUT2D eigenvalue weighted by Crippen LogP contribution is -2.22. The number of rotatable bonds is 7. The molecule has 0 bridgehead atoms. The van der Waals surface area contributed by atoms with Crippen molar-refractivity contribution in [2.24, 2.45) is 0 Å². The van der Waals surface area contributed by atoms with Crippen molar-refractivity contribution in [1.29, 1.82) is 0 Å². The van der Waals surface area contributed by atoms with Crippen LogP contribution in [-0.4, -0.2) is 29.8 Å². The van der Waals surface area contributed by atoms with Crippen LogP contribution in [0.2, 0.25) is 5.02 Å². The van der Waals surface area contributed by atoms with Gasteiger partial charge in [-0.15, -0.1) is 11.8 Å². The molecule has 1 atom stereocenters. The van der Waals surface area contributed by atoms with E-state index in [1.54, 1.807) is 25.1 Å². The second-order valence-electron chi connectivity index (χ2n) is 5.80. The maximum atomic E-state index is 12.5. The average Bonchev–Trinajstić information content (AvgIpc) is 3.16. The van der Waals surface area contributed by atoms with Crippen LogP contribution >= 0.6 is 23.4 Å². The lowest BCUT2D eigenvalue weighted by Gasteiger charge is -2.13. The van der Waals surface area contributed by atoms with Gasteiger partial charge in [0.2, 0.25) is 5.91 Å². The third kappa shape index (κ3) is 5.06. The first-order valence-corrected chi connectivity index (χ1v) is 10.9. The zero-order valence-corrected chi connectivity index (χ0v) is 17.1. The standard InChI is InChI=1S/C18H17ClN4O3S2/c1-12(27-17-8-3-2-7-16(17)19)18(24)22-13-5-4-6-15(9-13)28(25,26)23-14-10-20-21-11-14/h2-12,23H,1H3,(H,20,21)(H,22,24). The molecule has 28 heavy (non-hydrogen) atoms. The van der Waals surface area contributed by atoms with E-state index < -0.39 is 15.3 Å². The summed E-state index contributed by atoms with van der Waals surface area (Å²) in [5.41, 5.74) is 0.700. The molecular weight excluding hydrogens is 420 g/mol. The average molecular weight is 437 g/mol. The Kier molecular flexibility index (Phi) is 6.28. The molecule has 0 aliphatic rings. The Morgan fingerprint density at radius 2 is 1.96 bits per heavy atom. The number of amides is 1. The minimum Gasteiger partial charge on any atom is -0.325 e. The molecule has 1 heterocycles. The molecule has 1 unspecified atom stereocenters. The zero-order chi connectivity index (χ0) is 20.1. The minimum atomic E-state index is -3.80. The van der Waals surface area contributed by atoms with Gasteiger partial charge in [0.25, 0.3) is 10.0 Å². The fourth-order valence-corrected chi connectivity index (χ4v) is 4.52. The molecule has 146 valence electrons. The quantitative estimate of drug-likeness (QED) is 0.486. The summed E-state index contributed by atoms with van der Waals surface area (Å²) in [7, 11) is -3.80. The van der Waals surface area contributed by atoms with Gasteiger partial charge in [-0.05, 0) is 37.3 Å². The Hall–Kier alpha value is -2.49. The van der Waals surface area contributed by atoms with Crippen molar-refractivity contribution < 1.29 is 13.2 Å². The van der Waals surface area contributed by atoms with E-state index in [1.165, 1.54) is 36.3 Å². The van der Waals surface area contributed by atoms with Gasteiger partial charge >= 0.3 is 0 Å². The van der Waals surface area contributed by atoms with Gasteiger partial charge in [0, 0.05) is 16.8 Å². The molecule has 3 aromatic rings. The van der Waals surface area contributed by atoms with Gasteiger partial charge in [-0.3, -0.25) is 14.6 Å². The van der Waals surface area contributed by atoms with Crippen LogP contribution in [0.4, 0.5) is 11.4 Å². The number of aromatic amines is 1. The summed E-state index contributed by atoms with van der Waals surface area (Å²) in [5.74, 6) is -0.262. The molecule has 1 aromatic heterocycles. The van der Waals surface area contributed by atoms with Crippen molar-refractivity contribution in [3.63, 3.8) is 0 Å². The number of aromatic nitrogens is 2. The lowest BCUT2D eigenvalue weighted by atomic mass is 10.3. The van der Waals surface area contributed by atoms with Crippen molar-refractivity contribution in [2.75, 3.05) is 10.0 Å². The number of hydrogen-bond donors (Lipinski definition) is 3. The number of H-pyrrole nitrogens is 1. The van der Waals surface area contributed by atoms with Crippen LogP contribution < -0.4 is 10.0 Å². The van der Waals surface area contributed by atoms with E-state index in [4.69, 9.17) is 11.6 Å². The first kappa shape index (κ1) is 20.2. The first-order valence-electron chi connectivity index (χ1n) is 8.19. The van der Waals surface area contributed by atoms with E-state index in [0.717, 1.165) is 4.90 Å². The normalized spacial score (nSPS) is 12.4. The summed E-state index contributed by atoms with van der Waals surface area (Å²) >= 11 is 7.45. The Labute approximate surface area is 171 Å². The lowest BCUT2D eigenvalue weighted by molar-refractivity contribution is -0.115. The van der Waals surface area contributed by atoms with Gasteiger partial charge in [-0.25, -0.2) is 8.42 Å². The van der Waals surface area contributed by atoms with E-state index in [0.29, 0.717) is 16.4 Å². The molecule has 2 aromatic carbocycles. The van der Waals surface area contributed by atoms with Crippen LogP contribution in [-0.2, 0) is 14.8 Å². The Bertz CT molecular complexity index is 1070. The summed E-state index contributed by atoms with van der Waals surface area (Å²) in [5, 5.41) is 9.12. The van der Waals surface area contributed by atoms with Gasteiger partial charge in [0.1, 0.15) is 0 Å². The maximum absolute atomic E-state index is 12.5. The van der Waals surface area contributed by atoms with Crippen molar-refractivity contribution in [2.45, 2.75) is 22.0 Å². The highest BCUT2D eigenvalue weighted by Gasteiger charge is 2.18. The fourth-order valence-electron chi connectivity index (χ4n) is 2.29.